The van der Waals surface area contributed by atoms with Crippen molar-refractivity contribution in [3.8, 4) is 5.75 Å². The summed E-state index contributed by atoms with van der Waals surface area (Å²) in [6, 6.07) is 0. The molecule has 0 radical (unpaired) electrons. The Balaban J connectivity index is 3.41. The van der Waals surface area contributed by atoms with E-state index in [1.165, 1.54) is 18.0 Å². The SMILES string of the molecule is COc1c(Br)cnn(C)c1=O. The Morgan fingerprint density at radius 3 is 2.82 bits per heavy atom. The van der Waals surface area contributed by atoms with Crippen LogP contribution in [0.1, 0.15) is 0 Å². The Morgan fingerprint density at radius 1 is 1.73 bits per heavy atom. The van der Waals surface area contributed by atoms with Crippen LogP contribution in [0.2, 0.25) is 0 Å². The maximum Gasteiger partial charge on any atom is 0.309 e. The van der Waals surface area contributed by atoms with Crippen molar-refractivity contribution < 1.29 is 4.74 Å². The molecule has 0 atom stereocenters. The quantitative estimate of drug-likeness (QED) is 0.692. The van der Waals surface area contributed by atoms with Gasteiger partial charge < -0.3 is 4.74 Å². The first kappa shape index (κ1) is 8.26. The largest absolute Gasteiger partial charge is 0.490 e. The zero-order valence-corrected chi connectivity index (χ0v) is 7.75. The van der Waals surface area contributed by atoms with Gasteiger partial charge in [0.05, 0.1) is 17.8 Å². The van der Waals surface area contributed by atoms with E-state index in [2.05, 4.69) is 21.0 Å². The fourth-order valence-corrected chi connectivity index (χ4v) is 1.11. The molecule has 5 heteroatoms. The second kappa shape index (κ2) is 3.04. The van der Waals surface area contributed by atoms with Crippen LogP contribution >= 0.6 is 15.9 Å². The summed E-state index contributed by atoms with van der Waals surface area (Å²) < 4.78 is 6.62. The Hall–Kier alpha value is -0.840. The summed E-state index contributed by atoms with van der Waals surface area (Å²) in [5, 5.41) is 3.76. The van der Waals surface area contributed by atoms with Gasteiger partial charge in [-0.05, 0) is 15.9 Å². The van der Waals surface area contributed by atoms with Gasteiger partial charge in [-0.2, -0.15) is 5.10 Å². The number of aryl methyl sites for hydroxylation is 1. The molecule has 0 spiro atoms. The summed E-state index contributed by atoms with van der Waals surface area (Å²) in [6.07, 6.45) is 1.51. The molecule has 0 N–H and O–H groups in total. The molecule has 4 nitrogen and oxygen atoms in total. The number of nitrogens with zero attached hydrogens (tertiary/aromatic N) is 2. The van der Waals surface area contributed by atoms with E-state index in [1.807, 2.05) is 0 Å². The monoisotopic (exact) mass is 218 g/mol. The van der Waals surface area contributed by atoms with Crippen molar-refractivity contribution in [1.82, 2.24) is 9.78 Å². The van der Waals surface area contributed by atoms with Crippen molar-refractivity contribution >= 4 is 15.9 Å². The number of hydrogen-bond donors (Lipinski definition) is 0. The molecule has 0 aliphatic rings. The van der Waals surface area contributed by atoms with Gasteiger partial charge in [0.1, 0.15) is 0 Å². The Bertz CT molecular complexity index is 321. The van der Waals surface area contributed by atoms with Gasteiger partial charge in [0.15, 0.2) is 0 Å². The second-order valence-electron chi connectivity index (χ2n) is 1.95. The summed E-state index contributed by atoms with van der Waals surface area (Å²) in [6.45, 7) is 0. The van der Waals surface area contributed by atoms with Crippen molar-refractivity contribution in [2.75, 3.05) is 7.11 Å². The van der Waals surface area contributed by atoms with Gasteiger partial charge in [-0.3, -0.25) is 4.79 Å². The highest BCUT2D eigenvalue weighted by Gasteiger charge is 2.05. The molecule has 0 aromatic carbocycles. The minimum absolute atomic E-state index is 0.248. The smallest absolute Gasteiger partial charge is 0.309 e. The number of methoxy groups -OCH3 is 1. The number of aromatic nitrogens is 2. The number of rotatable bonds is 1. The zero-order valence-electron chi connectivity index (χ0n) is 6.17. The van der Waals surface area contributed by atoms with E-state index < -0.39 is 0 Å². The maximum absolute atomic E-state index is 11.2. The topological polar surface area (TPSA) is 44.1 Å². The molecular weight excluding hydrogens is 212 g/mol. The lowest BCUT2D eigenvalue weighted by molar-refractivity contribution is 0.397. The lowest BCUT2D eigenvalue weighted by atomic mass is 10.5. The van der Waals surface area contributed by atoms with Crippen molar-refractivity contribution in [3.63, 3.8) is 0 Å². The van der Waals surface area contributed by atoms with Crippen LogP contribution in [0.25, 0.3) is 0 Å². The van der Waals surface area contributed by atoms with E-state index in [4.69, 9.17) is 4.74 Å². The van der Waals surface area contributed by atoms with Crippen LogP contribution in [0.4, 0.5) is 0 Å². The van der Waals surface area contributed by atoms with Gasteiger partial charge in [0, 0.05) is 7.05 Å². The van der Waals surface area contributed by atoms with Gasteiger partial charge in [-0.15, -0.1) is 0 Å². The molecule has 11 heavy (non-hydrogen) atoms. The standard InChI is InChI=1S/C6H7BrN2O2/c1-9-6(10)5(11-2)4(7)3-8-9/h3H,1-2H3. The third-order valence-electron chi connectivity index (χ3n) is 1.25. The van der Waals surface area contributed by atoms with E-state index in [-0.39, 0.29) is 11.3 Å². The first-order valence-corrected chi connectivity index (χ1v) is 3.72. The van der Waals surface area contributed by atoms with Crippen molar-refractivity contribution in [1.29, 1.82) is 0 Å². The predicted molar refractivity (Wildman–Crippen MR) is 43.7 cm³/mol. The molecule has 0 amide bonds. The van der Waals surface area contributed by atoms with Crippen LogP contribution in [0.5, 0.6) is 5.75 Å². The highest BCUT2D eigenvalue weighted by atomic mass is 79.9. The summed E-state index contributed by atoms with van der Waals surface area (Å²) >= 11 is 3.14. The Kier molecular flexibility index (Phi) is 2.28. The second-order valence-corrected chi connectivity index (χ2v) is 2.81. The first-order valence-electron chi connectivity index (χ1n) is 2.92. The number of ether oxygens (including phenoxy) is 1. The van der Waals surface area contributed by atoms with Crippen LogP contribution < -0.4 is 10.3 Å². The maximum atomic E-state index is 11.2. The minimum atomic E-state index is -0.248. The molecule has 0 bridgehead atoms. The van der Waals surface area contributed by atoms with E-state index in [0.29, 0.717) is 4.47 Å². The van der Waals surface area contributed by atoms with Crippen molar-refractivity contribution in [3.05, 3.63) is 21.0 Å². The molecule has 1 aromatic rings. The fourth-order valence-electron chi connectivity index (χ4n) is 0.682. The average Bonchev–Trinajstić information content (AvgIpc) is 1.99. The van der Waals surface area contributed by atoms with E-state index in [0.717, 1.165) is 0 Å². The highest BCUT2D eigenvalue weighted by molar-refractivity contribution is 9.10. The third-order valence-corrected chi connectivity index (χ3v) is 1.82. The van der Waals surface area contributed by atoms with Gasteiger partial charge >= 0.3 is 5.56 Å². The van der Waals surface area contributed by atoms with Crippen LogP contribution in [0, 0.1) is 0 Å². The number of hydrogen-bond acceptors (Lipinski definition) is 3. The zero-order chi connectivity index (χ0) is 8.43. The van der Waals surface area contributed by atoms with Gasteiger partial charge in [0.25, 0.3) is 0 Å². The van der Waals surface area contributed by atoms with Gasteiger partial charge in [-0.25, -0.2) is 4.68 Å². The molecule has 0 saturated carbocycles. The lowest BCUT2D eigenvalue weighted by Crippen LogP contribution is -2.20. The Morgan fingerprint density at radius 2 is 2.36 bits per heavy atom. The molecule has 0 unspecified atom stereocenters. The average molecular weight is 219 g/mol. The molecule has 0 aliphatic heterocycles. The molecule has 60 valence electrons. The van der Waals surface area contributed by atoms with E-state index >= 15 is 0 Å². The fraction of sp³-hybridized carbons (Fsp3) is 0.333. The third kappa shape index (κ3) is 1.42. The summed E-state index contributed by atoms with van der Waals surface area (Å²) in [5.41, 5.74) is -0.248. The van der Waals surface area contributed by atoms with Crippen LogP contribution in [-0.4, -0.2) is 16.9 Å². The predicted octanol–water partition coefficient (Wildman–Crippen LogP) is 0.551. The molecule has 1 aromatic heterocycles. The van der Waals surface area contributed by atoms with Crippen LogP contribution in [0.15, 0.2) is 15.5 Å². The summed E-state index contributed by atoms with van der Waals surface area (Å²) in [5.74, 6) is 0.280. The molecule has 0 fully saturated rings. The van der Waals surface area contributed by atoms with E-state index in [9.17, 15) is 4.79 Å². The first-order chi connectivity index (χ1) is 5.16. The minimum Gasteiger partial charge on any atom is -0.490 e. The molecule has 1 rings (SSSR count). The van der Waals surface area contributed by atoms with Crippen molar-refractivity contribution in [2.45, 2.75) is 0 Å². The van der Waals surface area contributed by atoms with Crippen LogP contribution in [-0.2, 0) is 7.05 Å². The van der Waals surface area contributed by atoms with Crippen molar-refractivity contribution in [2.24, 2.45) is 7.05 Å². The summed E-state index contributed by atoms with van der Waals surface area (Å²) in [7, 11) is 3.01. The molecular formula is C6H7BrN2O2. The molecule has 1 heterocycles. The lowest BCUT2D eigenvalue weighted by Gasteiger charge is -2.02. The van der Waals surface area contributed by atoms with Gasteiger partial charge in [0.2, 0.25) is 5.75 Å². The van der Waals surface area contributed by atoms with Crippen LogP contribution in [0.3, 0.4) is 0 Å². The number of halogens is 1. The molecule has 0 saturated heterocycles. The Labute approximate surface area is 71.9 Å². The van der Waals surface area contributed by atoms with Gasteiger partial charge in [-0.1, -0.05) is 0 Å². The summed E-state index contributed by atoms with van der Waals surface area (Å²) in [4.78, 5) is 11.2. The van der Waals surface area contributed by atoms with E-state index in [1.54, 1.807) is 7.05 Å². The highest BCUT2D eigenvalue weighted by Crippen LogP contribution is 2.16. The normalized spacial score (nSPS) is 9.73. The molecule has 0 aliphatic carbocycles.